The Labute approximate surface area is 166 Å². The molecule has 1 aromatic carbocycles. The van der Waals surface area contributed by atoms with Gasteiger partial charge in [0, 0.05) is 30.1 Å². The monoisotopic (exact) mass is 382 g/mol. The number of nitrogens with zero attached hydrogens (tertiary/aromatic N) is 2. The first-order valence-electron chi connectivity index (χ1n) is 10.3. The normalized spacial score (nSPS) is 27.6. The molecule has 2 bridgehead atoms. The van der Waals surface area contributed by atoms with Crippen LogP contribution in [0.3, 0.4) is 0 Å². The minimum absolute atomic E-state index is 0.0373. The van der Waals surface area contributed by atoms with Crippen LogP contribution in [0.15, 0.2) is 36.5 Å². The summed E-state index contributed by atoms with van der Waals surface area (Å²) >= 11 is 0. The lowest BCUT2D eigenvalue weighted by Gasteiger charge is -2.51. The first kappa shape index (κ1) is 19.2. The van der Waals surface area contributed by atoms with E-state index in [0.29, 0.717) is 19.3 Å². The van der Waals surface area contributed by atoms with Gasteiger partial charge in [0.1, 0.15) is 5.60 Å². The average molecular weight is 383 g/mol. The molecule has 3 heterocycles. The van der Waals surface area contributed by atoms with Gasteiger partial charge < -0.3 is 14.7 Å². The van der Waals surface area contributed by atoms with E-state index < -0.39 is 11.2 Å². The maximum atomic E-state index is 12.8. The van der Waals surface area contributed by atoms with Crippen molar-refractivity contribution in [1.29, 1.82) is 0 Å². The molecule has 1 amide bonds. The molecule has 0 saturated carbocycles. The summed E-state index contributed by atoms with van der Waals surface area (Å²) in [6.45, 7) is 5.69. The van der Waals surface area contributed by atoms with Crippen LogP contribution in [0.4, 0.5) is 4.79 Å². The number of hydrogen-bond acceptors (Lipinski definition) is 4. The van der Waals surface area contributed by atoms with Crippen molar-refractivity contribution in [3.05, 3.63) is 42.1 Å². The van der Waals surface area contributed by atoms with Crippen molar-refractivity contribution in [1.82, 2.24) is 9.88 Å². The van der Waals surface area contributed by atoms with Crippen LogP contribution in [-0.2, 0) is 11.2 Å². The van der Waals surface area contributed by atoms with Gasteiger partial charge in [0.2, 0.25) is 0 Å². The summed E-state index contributed by atoms with van der Waals surface area (Å²) < 4.78 is 5.65. The predicted molar refractivity (Wildman–Crippen MR) is 109 cm³/mol. The van der Waals surface area contributed by atoms with Crippen molar-refractivity contribution < 1.29 is 14.6 Å². The summed E-state index contributed by atoms with van der Waals surface area (Å²) in [5.74, 6) is 0. The first-order valence-corrected chi connectivity index (χ1v) is 10.3. The third kappa shape index (κ3) is 3.86. The van der Waals surface area contributed by atoms with Gasteiger partial charge in [-0.05, 0) is 64.5 Å². The zero-order chi connectivity index (χ0) is 19.9. The maximum absolute atomic E-state index is 12.8. The van der Waals surface area contributed by atoms with Gasteiger partial charge in [-0.25, -0.2) is 4.79 Å². The number of pyridine rings is 1. The van der Waals surface area contributed by atoms with Crippen LogP contribution in [0.2, 0.25) is 0 Å². The number of carbonyl (C=O) groups excluding carboxylic acids is 1. The van der Waals surface area contributed by atoms with E-state index in [-0.39, 0.29) is 18.2 Å². The smallest absolute Gasteiger partial charge is 0.410 e. The van der Waals surface area contributed by atoms with Crippen molar-refractivity contribution in [2.24, 2.45) is 0 Å². The highest BCUT2D eigenvalue weighted by molar-refractivity contribution is 5.81. The highest BCUT2D eigenvalue weighted by Gasteiger charge is 2.48. The molecule has 2 unspecified atom stereocenters. The fourth-order valence-corrected chi connectivity index (χ4v) is 4.95. The van der Waals surface area contributed by atoms with Gasteiger partial charge in [-0.15, -0.1) is 0 Å². The number of rotatable bonds is 2. The van der Waals surface area contributed by atoms with Gasteiger partial charge in [0.05, 0.1) is 11.1 Å². The zero-order valence-electron chi connectivity index (χ0n) is 17.0. The van der Waals surface area contributed by atoms with E-state index in [9.17, 15) is 9.90 Å². The van der Waals surface area contributed by atoms with E-state index in [0.717, 1.165) is 35.7 Å². The molecule has 150 valence electrons. The second-order valence-electron chi connectivity index (χ2n) is 9.43. The van der Waals surface area contributed by atoms with Crippen molar-refractivity contribution >= 4 is 17.0 Å². The Morgan fingerprint density at radius 1 is 1.21 bits per heavy atom. The molecule has 1 N–H and O–H groups in total. The van der Waals surface area contributed by atoms with Gasteiger partial charge in [-0.1, -0.05) is 24.3 Å². The number of benzene rings is 1. The van der Waals surface area contributed by atoms with E-state index in [2.05, 4.69) is 23.2 Å². The average Bonchev–Trinajstić information content (AvgIpc) is 2.59. The minimum Gasteiger partial charge on any atom is -0.444 e. The molecule has 0 radical (unpaired) electrons. The second kappa shape index (κ2) is 7.03. The number of piperidine rings is 2. The molecule has 2 fully saturated rings. The number of para-hydroxylation sites is 1. The lowest BCUT2D eigenvalue weighted by Crippen LogP contribution is -2.61. The number of ether oxygens (including phenoxy) is 1. The lowest BCUT2D eigenvalue weighted by molar-refractivity contribution is -0.0918. The van der Waals surface area contributed by atoms with Crippen LogP contribution in [-0.4, -0.2) is 44.4 Å². The summed E-state index contributed by atoms with van der Waals surface area (Å²) in [6, 6.07) is 10.2. The number of aromatic nitrogens is 1. The van der Waals surface area contributed by atoms with E-state index in [1.54, 1.807) is 6.20 Å². The van der Waals surface area contributed by atoms with E-state index in [1.165, 1.54) is 0 Å². The van der Waals surface area contributed by atoms with Crippen LogP contribution in [0, 0.1) is 0 Å². The standard InChI is InChI=1S/C23H30N2O3/c1-22(2,3)28-21(26)25-18-10-5-11-19(25)15-23(27,14-18)13-17-8-4-7-16-9-6-12-24-20(16)17/h4,6-9,12,18-19,27H,5,10-11,13-15H2,1-3H3. The maximum Gasteiger partial charge on any atom is 0.410 e. The van der Waals surface area contributed by atoms with Crippen LogP contribution in [0.25, 0.3) is 10.9 Å². The Balaban J connectivity index is 1.57. The minimum atomic E-state index is -0.819. The molecule has 2 aliphatic rings. The van der Waals surface area contributed by atoms with Gasteiger partial charge in [0.15, 0.2) is 0 Å². The molecule has 1 aromatic heterocycles. The largest absolute Gasteiger partial charge is 0.444 e. The molecular weight excluding hydrogens is 352 g/mol. The van der Waals surface area contributed by atoms with Crippen LogP contribution in [0.5, 0.6) is 0 Å². The zero-order valence-corrected chi connectivity index (χ0v) is 17.0. The Bertz CT molecular complexity index is 854. The number of amides is 1. The molecular formula is C23H30N2O3. The predicted octanol–water partition coefficient (Wildman–Crippen LogP) is 4.46. The third-order valence-corrected chi connectivity index (χ3v) is 5.93. The first-order chi connectivity index (χ1) is 13.2. The second-order valence-corrected chi connectivity index (χ2v) is 9.43. The Morgan fingerprint density at radius 3 is 2.57 bits per heavy atom. The fourth-order valence-electron chi connectivity index (χ4n) is 4.95. The summed E-state index contributed by atoms with van der Waals surface area (Å²) in [6.07, 6.45) is 6.25. The Morgan fingerprint density at radius 2 is 1.89 bits per heavy atom. The molecule has 2 aromatic rings. The quantitative estimate of drug-likeness (QED) is 0.833. The van der Waals surface area contributed by atoms with Gasteiger partial charge in [-0.3, -0.25) is 4.98 Å². The van der Waals surface area contributed by atoms with Gasteiger partial charge in [0.25, 0.3) is 0 Å². The van der Waals surface area contributed by atoms with E-state index in [4.69, 9.17) is 4.74 Å². The molecule has 2 atom stereocenters. The molecule has 0 spiro atoms. The molecule has 5 nitrogen and oxygen atoms in total. The highest BCUT2D eigenvalue weighted by atomic mass is 16.6. The summed E-state index contributed by atoms with van der Waals surface area (Å²) in [5, 5.41) is 12.6. The molecule has 28 heavy (non-hydrogen) atoms. The van der Waals surface area contributed by atoms with Crippen molar-refractivity contribution in [3.8, 4) is 0 Å². The van der Waals surface area contributed by atoms with E-state index in [1.807, 2.05) is 37.8 Å². The van der Waals surface area contributed by atoms with Crippen molar-refractivity contribution in [2.75, 3.05) is 0 Å². The van der Waals surface area contributed by atoms with Crippen LogP contribution >= 0.6 is 0 Å². The van der Waals surface area contributed by atoms with Crippen LogP contribution in [0.1, 0.15) is 58.4 Å². The molecule has 2 saturated heterocycles. The van der Waals surface area contributed by atoms with Gasteiger partial charge in [-0.2, -0.15) is 0 Å². The Hall–Kier alpha value is -2.14. The molecule has 0 aliphatic carbocycles. The van der Waals surface area contributed by atoms with Crippen molar-refractivity contribution in [2.45, 2.75) is 82.6 Å². The van der Waals surface area contributed by atoms with Gasteiger partial charge >= 0.3 is 6.09 Å². The lowest BCUT2D eigenvalue weighted by atomic mass is 9.73. The molecule has 5 heteroatoms. The fraction of sp³-hybridized carbons (Fsp3) is 0.565. The number of hydrogen-bond donors (Lipinski definition) is 1. The van der Waals surface area contributed by atoms with Crippen LogP contribution < -0.4 is 0 Å². The van der Waals surface area contributed by atoms with E-state index >= 15 is 0 Å². The Kier molecular flexibility index (Phi) is 4.82. The SMILES string of the molecule is CC(C)(C)OC(=O)N1C2CCCC1CC(O)(Cc1cccc3cccnc13)C2. The summed E-state index contributed by atoms with van der Waals surface area (Å²) in [5.41, 5.74) is 0.705. The third-order valence-electron chi connectivity index (χ3n) is 5.93. The summed E-state index contributed by atoms with van der Waals surface area (Å²) in [7, 11) is 0. The topological polar surface area (TPSA) is 62.7 Å². The molecule has 2 aliphatic heterocycles. The number of carbonyl (C=O) groups is 1. The highest BCUT2D eigenvalue weighted by Crippen LogP contribution is 2.41. The molecule has 4 rings (SSSR count). The van der Waals surface area contributed by atoms with Crippen molar-refractivity contribution in [3.63, 3.8) is 0 Å². The summed E-state index contributed by atoms with van der Waals surface area (Å²) in [4.78, 5) is 19.2. The number of aliphatic hydroxyl groups is 1. The number of fused-ring (bicyclic) bond motifs is 3.